The third-order valence-electron chi connectivity index (χ3n) is 3.95. The number of hydrogen-bond donors (Lipinski definition) is 2. The van der Waals surface area contributed by atoms with Gasteiger partial charge in [-0.3, -0.25) is 4.79 Å². The summed E-state index contributed by atoms with van der Waals surface area (Å²) in [5.41, 5.74) is 1.06. The summed E-state index contributed by atoms with van der Waals surface area (Å²) in [6, 6.07) is 14.0. The molecule has 1 aromatic heterocycles. The molecule has 1 atom stereocenters. The third kappa shape index (κ3) is 5.68. The van der Waals surface area contributed by atoms with Gasteiger partial charge in [0.15, 0.2) is 6.10 Å². The van der Waals surface area contributed by atoms with Crippen LogP contribution in [0.15, 0.2) is 65.7 Å². The molecule has 3 aromatic rings. The minimum atomic E-state index is -3.86. The Balaban J connectivity index is 1.63. The molecule has 156 valence electrons. The van der Waals surface area contributed by atoms with E-state index in [-0.39, 0.29) is 16.8 Å². The van der Waals surface area contributed by atoms with E-state index in [0.29, 0.717) is 22.2 Å². The Kier molecular flexibility index (Phi) is 6.53. The average molecular weight is 447 g/mol. The number of rotatable bonds is 7. The first-order chi connectivity index (χ1) is 14.2. The molecule has 0 radical (unpaired) electrons. The van der Waals surface area contributed by atoms with E-state index in [1.54, 1.807) is 44.2 Å². The van der Waals surface area contributed by atoms with Crippen LogP contribution in [-0.4, -0.2) is 30.4 Å². The number of anilines is 2. The topological polar surface area (TPSA) is 110 Å². The van der Waals surface area contributed by atoms with E-state index in [1.807, 2.05) is 0 Å². The Morgan fingerprint density at radius 3 is 2.37 bits per heavy atom. The van der Waals surface area contributed by atoms with Gasteiger partial charge in [-0.1, -0.05) is 11.6 Å². The molecular weight excluding hydrogens is 428 g/mol. The highest BCUT2D eigenvalue weighted by atomic mass is 35.5. The van der Waals surface area contributed by atoms with E-state index in [0.717, 1.165) is 0 Å². The fourth-order valence-corrected chi connectivity index (χ4v) is 3.49. The first-order valence-corrected chi connectivity index (χ1v) is 10.7. The summed E-state index contributed by atoms with van der Waals surface area (Å²) in [5.74, 6) is 0.111. The van der Waals surface area contributed by atoms with Crippen LogP contribution in [0.25, 0.3) is 0 Å². The average Bonchev–Trinajstić information content (AvgIpc) is 2.70. The van der Waals surface area contributed by atoms with Crippen molar-refractivity contribution in [2.24, 2.45) is 0 Å². The molecule has 8 nitrogen and oxygen atoms in total. The highest BCUT2D eigenvalue weighted by Gasteiger charge is 2.18. The zero-order valence-electron chi connectivity index (χ0n) is 16.2. The standard InChI is InChI=1S/C20H19ClN4O4S/c1-13-11-12-22-20(23-13)25-30(27,28)18-9-5-16(6-10-18)24-19(26)14(2)29-17-7-3-15(21)4-8-17/h3-12,14H,1-2H3,(H,24,26)(H,22,23,25)/t14-/m1/s1. The van der Waals surface area contributed by atoms with E-state index in [2.05, 4.69) is 20.0 Å². The predicted molar refractivity (Wildman–Crippen MR) is 114 cm³/mol. The monoisotopic (exact) mass is 446 g/mol. The van der Waals surface area contributed by atoms with Crippen LogP contribution in [0.1, 0.15) is 12.6 Å². The molecule has 1 amide bonds. The first-order valence-electron chi connectivity index (χ1n) is 8.88. The number of nitrogens with zero attached hydrogens (tertiary/aromatic N) is 2. The van der Waals surface area contributed by atoms with Gasteiger partial charge in [0.2, 0.25) is 5.95 Å². The highest BCUT2D eigenvalue weighted by molar-refractivity contribution is 7.92. The third-order valence-corrected chi connectivity index (χ3v) is 5.54. The van der Waals surface area contributed by atoms with Gasteiger partial charge in [-0.15, -0.1) is 0 Å². The number of ether oxygens (including phenoxy) is 1. The van der Waals surface area contributed by atoms with Crippen molar-refractivity contribution < 1.29 is 17.9 Å². The van der Waals surface area contributed by atoms with Gasteiger partial charge in [-0.05, 0) is 68.4 Å². The number of halogens is 1. The number of nitrogens with one attached hydrogen (secondary N) is 2. The molecule has 0 aliphatic rings. The quantitative estimate of drug-likeness (QED) is 0.573. The number of carbonyl (C=O) groups excluding carboxylic acids is 1. The molecule has 0 saturated carbocycles. The lowest BCUT2D eigenvalue weighted by atomic mass is 10.3. The second-order valence-electron chi connectivity index (χ2n) is 6.35. The first kappa shape index (κ1) is 21.5. The molecule has 3 rings (SSSR count). The Labute approximate surface area is 179 Å². The molecule has 0 aliphatic carbocycles. The van der Waals surface area contributed by atoms with Gasteiger partial charge in [0, 0.05) is 22.6 Å². The molecule has 0 saturated heterocycles. The van der Waals surface area contributed by atoms with Crippen LogP contribution < -0.4 is 14.8 Å². The maximum atomic E-state index is 12.5. The number of aromatic nitrogens is 2. The van der Waals surface area contributed by atoms with Crippen LogP contribution in [-0.2, 0) is 14.8 Å². The fraction of sp³-hybridized carbons (Fsp3) is 0.150. The molecule has 0 fully saturated rings. The van der Waals surface area contributed by atoms with Crippen molar-refractivity contribution >= 4 is 39.2 Å². The van der Waals surface area contributed by atoms with Gasteiger partial charge >= 0.3 is 0 Å². The number of carbonyl (C=O) groups is 1. The van der Waals surface area contributed by atoms with Crippen molar-refractivity contribution in [3.8, 4) is 5.75 Å². The normalized spacial score (nSPS) is 12.1. The predicted octanol–water partition coefficient (Wildman–Crippen LogP) is 3.65. The van der Waals surface area contributed by atoms with Gasteiger partial charge in [0.1, 0.15) is 5.75 Å². The van der Waals surface area contributed by atoms with Crippen LogP contribution >= 0.6 is 11.6 Å². The fourth-order valence-electron chi connectivity index (χ4n) is 2.41. The van der Waals surface area contributed by atoms with E-state index in [4.69, 9.17) is 16.3 Å². The lowest BCUT2D eigenvalue weighted by molar-refractivity contribution is -0.122. The van der Waals surface area contributed by atoms with Crippen molar-refractivity contribution in [1.29, 1.82) is 0 Å². The zero-order chi connectivity index (χ0) is 21.7. The summed E-state index contributed by atoms with van der Waals surface area (Å²) < 4.78 is 32.8. The van der Waals surface area contributed by atoms with E-state index < -0.39 is 16.1 Å². The summed E-state index contributed by atoms with van der Waals surface area (Å²) in [6.45, 7) is 3.34. The molecular formula is C20H19ClN4O4S. The SMILES string of the molecule is Cc1ccnc(NS(=O)(=O)c2ccc(NC(=O)[C@@H](C)Oc3ccc(Cl)cc3)cc2)n1. The highest BCUT2D eigenvalue weighted by Crippen LogP contribution is 2.19. The van der Waals surface area contributed by atoms with Crippen LogP contribution in [0.2, 0.25) is 5.02 Å². The van der Waals surface area contributed by atoms with E-state index in [9.17, 15) is 13.2 Å². The number of hydrogen-bond acceptors (Lipinski definition) is 6. The van der Waals surface area contributed by atoms with E-state index >= 15 is 0 Å². The lowest BCUT2D eigenvalue weighted by Crippen LogP contribution is -2.30. The smallest absolute Gasteiger partial charge is 0.265 e. The van der Waals surface area contributed by atoms with Gasteiger partial charge in [-0.25, -0.2) is 23.1 Å². The summed E-state index contributed by atoms with van der Waals surface area (Å²) >= 11 is 5.83. The summed E-state index contributed by atoms with van der Waals surface area (Å²) in [6.07, 6.45) is 0.696. The summed E-state index contributed by atoms with van der Waals surface area (Å²) in [5, 5.41) is 3.25. The summed E-state index contributed by atoms with van der Waals surface area (Å²) in [7, 11) is -3.86. The maximum absolute atomic E-state index is 12.5. The van der Waals surface area contributed by atoms with Gasteiger partial charge in [0.05, 0.1) is 4.90 Å². The van der Waals surface area contributed by atoms with Crippen LogP contribution in [0.4, 0.5) is 11.6 Å². The van der Waals surface area contributed by atoms with Crippen molar-refractivity contribution in [2.45, 2.75) is 24.8 Å². The zero-order valence-corrected chi connectivity index (χ0v) is 17.7. The molecule has 0 unspecified atom stereocenters. The Hall–Kier alpha value is -3.17. The maximum Gasteiger partial charge on any atom is 0.265 e. The van der Waals surface area contributed by atoms with Crippen molar-refractivity contribution in [3.63, 3.8) is 0 Å². The van der Waals surface area contributed by atoms with Gasteiger partial charge in [-0.2, -0.15) is 0 Å². The molecule has 0 spiro atoms. The number of amides is 1. The molecule has 2 aromatic carbocycles. The Morgan fingerprint density at radius 2 is 1.73 bits per heavy atom. The second-order valence-corrected chi connectivity index (χ2v) is 8.47. The molecule has 0 bridgehead atoms. The number of aryl methyl sites for hydroxylation is 1. The van der Waals surface area contributed by atoms with Crippen molar-refractivity contribution in [1.82, 2.24) is 9.97 Å². The number of benzene rings is 2. The van der Waals surface area contributed by atoms with Gasteiger partial charge < -0.3 is 10.1 Å². The Morgan fingerprint density at radius 1 is 1.07 bits per heavy atom. The van der Waals surface area contributed by atoms with Crippen molar-refractivity contribution in [2.75, 3.05) is 10.0 Å². The molecule has 10 heteroatoms. The Bertz CT molecular complexity index is 1140. The molecule has 30 heavy (non-hydrogen) atoms. The largest absolute Gasteiger partial charge is 0.481 e. The van der Waals surface area contributed by atoms with E-state index in [1.165, 1.54) is 30.5 Å². The number of sulfonamides is 1. The molecule has 2 N–H and O–H groups in total. The lowest BCUT2D eigenvalue weighted by Gasteiger charge is -2.15. The minimum Gasteiger partial charge on any atom is -0.481 e. The van der Waals surface area contributed by atoms with Crippen LogP contribution in [0.3, 0.4) is 0 Å². The molecule has 1 heterocycles. The van der Waals surface area contributed by atoms with Gasteiger partial charge in [0.25, 0.3) is 15.9 Å². The van der Waals surface area contributed by atoms with Crippen LogP contribution in [0.5, 0.6) is 5.75 Å². The molecule has 0 aliphatic heterocycles. The minimum absolute atomic E-state index is 0.0102. The second kappa shape index (κ2) is 9.10. The van der Waals surface area contributed by atoms with Crippen LogP contribution in [0, 0.1) is 6.92 Å². The summed E-state index contributed by atoms with van der Waals surface area (Å²) in [4.78, 5) is 20.2. The van der Waals surface area contributed by atoms with Crippen molar-refractivity contribution in [3.05, 3.63) is 71.5 Å².